The molecule has 1 N–H and O–H groups in total. The number of ether oxygens (including phenoxy) is 2. The Bertz CT molecular complexity index is 740. The molecule has 24 heavy (non-hydrogen) atoms. The zero-order valence-corrected chi connectivity index (χ0v) is 15.4. The van der Waals surface area contributed by atoms with E-state index in [1.807, 2.05) is 50.2 Å². The number of halogens is 1. The third kappa shape index (κ3) is 4.83. The number of amides is 1. The summed E-state index contributed by atoms with van der Waals surface area (Å²) in [6, 6.07) is 11.3. The molecular formula is C18H19BrN2O3. The predicted octanol–water partition coefficient (Wildman–Crippen LogP) is 3.60. The van der Waals surface area contributed by atoms with E-state index in [1.54, 1.807) is 13.3 Å². The first-order valence-electron chi connectivity index (χ1n) is 7.35. The molecule has 0 atom stereocenters. The summed E-state index contributed by atoms with van der Waals surface area (Å²) in [4.78, 5) is 11.8. The van der Waals surface area contributed by atoms with E-state index < -0.39 is 0 Å². The van der Waals surface area contributed by atoms with E-state index in [9.17, 15) is 4.79 Å². The Kier molecular flexibility index (Phi) is 6.37. The second-order valence-corrected chi connectivity index (χ2v) is 6.05. The maximum absolute atomic E-state index is 11.8. The van der Waals surface area contributed by atoms with Crippen molar-refractivity contribution in [3.05, 3.63) is 57.6 Å². The van der Waals surface area contributed by atoms with Crippen LogP contribution in [0.25, 0.3) is 0 Å². The van der Waals surface area contributed by atoms with Crippen LogP contribution in [0.1, 0.15) is 16.7 Å². The second kappa shape index (κ2) is 8.49. The van der Waals surface area contributed by atoms with Crippen LogP contribution in [0.4, 0.5) is 0 Å². The Labute approximate surface area is 149 Å². The molecule has 2 rings (SSSR count). The van der Waals surface area contributed by atoms with Crippen molar-refractivity contribution < 1.29 is 14.3 Å². The van der Waals surface area contributed by atoms with Crippen molar-refractivity contribution in [2.45, 2.75) is 13.8 Å². The van der Waals surface area contributed by atoms with Crippen LogP contribution in [-0.4, -0.2) is 25.8 Å². The highest BCUT2D eigenvalue weighted by atomic mass is 79.9. The lowest BCUT2D eigenvalue weighted by atomic mass is 10.1. The molecule has 0 saturated heterocycles. The van der Waals surface area contributed by atoms with Crippen LogP contribution in [0.2, 0.25) is 0 Å². The highest BCUT2D eigenvalue weighted by Crippen LogP contribution is 2.25. The fourth-order valence-corrected chi connectivity index (χ4v) is 2.70. The van der Waals surface area contributed by atoms with Crippen molar-refractivity contribution in [3.8, 4) is 11.5 Å². The molecular weight excluding hydrogens is 372 g/mol. The Balaban J connectivity index is 1.88. The Morgan fingerprint density at radius 2 is 1.96 bits per heavy atom. The van der Waals surface area contributed by atoms with E-state index >= 15 is 0 Å². The van der Waals surface area contributed by atoms with E-state index in [1.165, 1.54) is 0 Å². The van der Waals surface area contributed by atoms with Gasteiger partial charge in [-0.2, -0.15) is 5.10 Å². The molecule has 0 aliphatic heterocycles. The van der Waals surface area contributed by atoms with Gasteiger partial charge in [-0.3, -0.25) is 4.79 Å². The smallest absolute Gasteiger partial charge is 0.277 e. The lowest BCUT2D eigenvalue weighted by Gasteiger charge is -2.10. The molecule has 2 aromatic carbocycles. The summed E-state index contributed by atoms with van der Waals surface area (Å²) in [5, 5.41) is 3.93. The number of aryl methyl sites for hydroxylation is 2. The van der Waals surface area contributed by atoms with Gasteiger partial charge in [0.1, 0.15) is 11.5 Å². The number of nitrogens with zero attached hydrogens (tertiary/aromatic N) is 1. The first kappa shape index (κ1) is 18.0. The third-order valence-electron chi connectivity index (χ3n) is 3.34. The number of hydrogen-bond acceptors (Lipinski definition) is 4. The topological polar surface area (TPSA) is 59.9 Å². The number of hydrazone groups is 1. The molecule has 126 valence electrons. The lowest BCUT2D eigenvalue weighted by molar-refractivity contribution is -0.123. The summed E-state index contributed by atoms with van der Waals surface area (Å²) in [6.45, 7) is 3.80. The van der Waals surface area contributed by atoms with Gasteiger partial charge in [0.25, 0.3) is 5.91 Å². The molecule has 0 spiro atoms. The standard InChI is InChI=1S/C18H19BrN2O3/c1-12-5-4-6-13(2)18(12)24-11-17(22)21-20-10-14-7-8-16(23-3)15(19)9-14/h4-10H,11H2,1-3H3,(H,21,22). The van der Waals surface area contributed by atoms with Gasteiger partial charge in [0, 0.05) is 0 Å². The van der Waals surface area contributed by atoms with Gasteiger partial charge in [-0.05, 0) is 64.7 Å². The molecule has 0 aliphatic carbocycles. The Morgan fingerprint density at radius 1 is 1.25 bits per heavy atom. The molecule has 0 unspecified atom stereocenters. The molecule has 0 bridgehead atoms. The van der Waals surface area contributed by atoms with Gasteiger partial charge in [0.2, 0.25) is 0 Å². The minimum atomic E-state index is -0.318. The summed E-state index contributed by atoms with van der Waals surface area (Å²) in [7, 11) is 1.60. The Hall–Kier alpha value is -2.34. The Morgan fingerprint density at radius 3 is 2.58 bits per heavy atom. The van der Waals surface area contributed by atoms with Crippen LogP contribution in [0, 0.1) is 13.8 Å². The van der Waals surface area contributed by atoms with Gasteiger partial charge in [0.05, 0.1) is 17.8 Å². The molecule has 6 heteroatoms. The molecule has 0 radical (unpaired) electrons. The minimum absolute atomic E-state index is 0.0880. The maximum atomic E-state index is 11.8. The van der Waals surface area contributed by atoms with E-state index in [-0.39, 0.29) is 12.5 Å². The monoisotopic (exact) mass is 390 g/mol. The van der Waals surface area contributed by atoms with Crippen LogP contribution in [0.3, 0.4) is 0 Å². The fourth-order valence-electron chi connectivity index (χ4n) is 2.14. The van der Waals surface area contributed by atoms with Crippen molar-refractivity contribution in [2.75, 3.05) is 13.7 Å². The lowest BCUT2D eigenvalue weighted by Crippen LogP contribution is -2.25. The number of methoxy groups -OCH3 is 1. The van der Waals surface area contributed by atoms with Gasteiger partial charge in [0.15, 0.2) is 6.61 Å². The van der Waals surface area contributed by atoms with E-state index in [2.05, 4.69) is 26.5 Å². The van der Waals surface area contributed by atoms with Crippen molar-refractivity contribution >= 4 is 28.1 Å². The number of benzene rings is 2. The number of hydrogen-bond donors (Lipinski definition) is 1. The average molecular weight is 391 g/mol. The summed E-state index contributed by atoms with van der Waals surface area (Å²) >= 11 is 3.40. The van der Waals surface area contributed by atoms with E-state index in [0.717, 1.165) is 32.7 Å². The molecule has 2 aromatic rings. The third-order valence-corrected chi connectivity index (χ3v) is 3.95. The SMILES string of the molecule is COc1ccc(C=NNC(=O)COc2c(C)cccc2C)cc1Br. The predicted molar refractivity (Wildman–Crippen MR) is 97.8 cm³/mol. The number of carbonyl (C=O) groups is 1. The fraction of sp³-hybridized carbons (Fsp3) is 0.222. The highest BCUT2D eigenvalue weighted by Gasteiger charge is 2.06. The van der Waals surface area contributed by atoms with Gasteiger partial charge in [-0.1, -0.05) is 18.2 Å². The molecule has 1 amide bonds. The van der Waals surface area contributed by atoms with Gasteiger partial charge in [-0.25, -0.2) is 5.43 Å². The highest BCUT2D eigenvalue weighted by molar-refractivity contribution is 9.10. The van der Waals surface area contributed by atoms with Crippen LogP contribution in [0.15, 0.2) is 46.0 Å². The van der Waals surface area contributed by atoms with E-state index in [0.29, 0.717) is 0 Å². The van der Waals surface area contributed by atoms with Gasteiger partial charge >= 0.3 is 0 Å². The van der Waals surface area contributed by atoms with Crippen molar-refractivity contribution in [3.63, 3.8) is 0 Å². The van der Waals surface area contributed by atoms with Crippen LogP contribution in [-0.2, 0) is 4.79 Å². The van der Waals surface area contributed by atoms with E-state index in [4.69, 9.17) is 9.47 Å². The number of rotatable bonds is 6. The normalized spacial score (nSPS) is 10.7. The molecule has 0 saturated carbocycles. The number of carbonyl (C=O) groups excluding carboxylic acids is 1. The first-order valence-corrected chi connectivity index (χ1v) is 8.15. The average Bonchev–Trinajstić information content (AvgIpc) is 2.54. The van der Waals surface area contributed by atoms with Crippen LogP contribution < -0.4 is 14.9 Å². The molecule has 0 fully saturated rings. The maximum Gasteiger partial charge on any atom is 0.277 e. The minimum Gasteiger partial charge on any atom is -0.496 e. The summed E-state index contributed by atoms with van der Waals surface area (Å²) < 4.78 is 11.5. The largest absolute Gasteiger partial charge is 0.496 e. The van der Waals surface area contributed by atoms with Gasteiger partial charge < -0.3 is 9.47 Å². The number of para-hydroxylation sites is 1. The van der Waals surface area contributed by atoms with Gasteiger partial charge in [-0.15, -0.1) is 0 Å². The molecule has 0 aliphatic rings. The van der Waals surface area contributed by atoms with Crippen LogP contribution >= 0.6 is 15.9 Å². The molecule has 0 heterocycles. The second-order valence-electron chi connectivity index (χ2n) is 5.20. The van der Waals surface area contributed by atoms with Crippen molar-refractivity contribution in [1.29, 1.82) is 0 Å². The van der Waals surface area contributed by atoms with Crippen molar-refractivity contribution in [1.82, 2.24) is 5.43 Å². The summed E-state index contributed by atoms with van der Waals surface area (Å²) in [5.74, 6) is 1.15. The molecule has 0 aromatic heterocycles. The summed E-state index contributed by atoms with van der Waals surface area (Å²) in [5.41, 5.74) is 5.27. The first-order chi connectivity index (χ1) is 11.5. The summed E-state index contributed by atoms with van der Waals surface area (Å²) in [6.07, 6.45) is 1.56. The zero-order valence-electron chi connectivity index (χ0n) is 13.8. The quantitative estimate of drug-likeness (QED) is 0.605. The molecule has 5 nitrogen and oxygen atoms in total. The van der Waals surface area contributed by atoms with Crippen molar-refractivity contribution in [2.24, 2.45) is 5.10 Å². The van der Waals surface area contributed by atoms with Crippen LogP contribution in [0.5, 0.6) is 11.5 Å². The zero-order chi connectivity index (χ0) is 17.5. The number of nitrogens with one attached hydrogen (secondary N) is 1.